The Hall–Kier alpha value is -4.32. The normalized spacial score (nSPS) is 14.8. The highest BCUT2D eigenvalue weighted by atomic mass is 16.5. The van der Waals surface area contributed by atoms with Crippen molar-refractivity contribution in [2.45, 2.75) is 12.5 Å². The maximum absolute atomic E-state index is 13.8. The number of pyridine rings is 1. The molecular weight excluding hydrogens is 440 g/mol. The average molecular weight is 467 g/mol. The summed E-state index contributed by atoms with van der Waals surface area (Å²) in [6, 6.07) is 26.4. The molecule has 0 spiro atoms. The fourth-order valence-corrected chi connectivity index (χ4v) is 4.74. The number of rotatable bonds is 5. The first-order valence-corrected chi connectivity index (χ1v) is 11.5. The van der Waals surface area contributed by atoms with Crippen LogP contribution in [0.2, 0.25) is 0 Å². The minimum absolute atomic E-state index is 0.120. The van der Waals surface area contributed by atoms with Gasteiger partial charge in [0.25, 0.3) is 11.5 Å². The molecule has 5 rings (SSSR count). The van der Waals surface area contributed by atoms with Crippen LogP contribution in [0.5, 0.6) is 11.5 Å². The van der Waals surface area contributed by atoms with E-state index in [4.69, 9.17) is 9.47 Å². The van der Waals surface area contributed by atoms with Gasteiger partial charge >= 0.3 is 0 Å². The van der Waals surface area contributed by atoms with Gasteiger partial charge in [0.05, 0.1) is 20.3 Å². The fourth-order valence-electron chi connectivity index (χ4n) is 4.74. The zero-order valence-corrected chi connectivity index (χ0v) is 19.7. The van der Waals surface area contributed by atoms with Crippen LogP contribution in [-0.2, 0) is 6.42 Å². The number of methoxy groups -OCH3 is 2. The first-order chi connectivity index (χ1) is 17.1. The van der Waals surface area contributed by atoms with Crippen LogP contribution in [0.3, 0.4) is 0 Å². The van der Waals surface area contributed by atoms with Gasteiger partial charge in [-0.3, -0.25) is 9.59 Å². The largest absolute Gasteiger partial charge is 0.493 e. The number of carbonyl (C=O) groups excluding carboxylic acids is 1. The second-order valence-corrected chi connectivity index (χ2v) is 8.45. The summed E-state index contributed by atoms with van der Waals surface area (Å²) < 4.78 is 11.1. The molecule has 0 saturated carbocycles. The number of amides is 1. The molecule has 0 radical (unpaired) electrons. The molecule has 4 aromatic rings. The van der Waals surface area contributed by atoms with E-state index < -0.39 is 5.56 Å². The van der Waals surface area contributed by atoms with Crippen LogP contribution in [0.25, 0.3) is 11.3 Å². The lowest BCUT2D eigenvalue weighted by Crippen LogP contribution is -2.42. The van der Waals surface area contributed by atoms with Gasteiger partial charge in [0.1, 0.15) is 5.56 Å². The van der Waals surface area contributed by atoms with Crippen molar-refractivity contribution in [3.8, 4) is 22.8 Å². The summed E-state index contributed by atoms with van der Waals surface area (Å²) in [7, 11) is 3.21. The number of aromatic nitrogens is 1. The number of hydrogen-bond donors (Lipinski definition) is 1. The maximum Gasteiger partial charge on any atom is 0.261 e. The molecule has 2 heterocycles. The van der Waals surface area contributed by atoms with Crippen LogP contribution in [0, 0.1) is 0 Å². The molecule has 0 bridgehead atoms. The Morgan fingerprint density at radius 3 is 2.20 bits per heavy atom. The monoisotopic (exact) mass is 466 g/mol. The Balaban J connectivity index is 1.57. The smallest absolute Gasteiger partial charge is 0.261 e. The minimum atomic E-state index is -0.402. The Kier molecular flexibility index (Phi) is 6.10. The van der Waals surface area contributed by atoms with Gasteiger partial charge in [-0.05, 0) is 52.9 Å². The number of ether oxygens (including phenoxy) is 2. The lowest BCUT2D eigenvalue weighted by Gasteiger charge is -2.38. The van der Waals surface area contributed by atoms with Crippen molar-refractivity contribution in [2.24, 2.45) is 0 Å². The second kappa shape index (κ2) is 9.50. The van der Waals surface area contributed by atoms with E-state index in [0.29, 0.717) is 30.2 Å². The highest BCUT2D eigenvalue weighted by molar-refractivity contribution is 5.95. The van der Waals surface area contributed by atoms with Crippen LogP contribution < -0.4 is 15.0 Å². The van der Waals surface area contributed by atoms with E-state index in [1.54, 1.807) is 31.3 Å². The topological polar surface area (TPSA) is 71.6 Å². The fraction of sp³-hybridized carbons (Fsp3) is 0.172. The Morgan fingerprint density at radius 1 is 0.886 bits per heavy atom. The van der Waals surface area contributed by atoms with Crippen molar-refractivity contribution < 1.29 is 14.3 Å². The lowest BCUT2D eigenvalue weighted by atomic mass is 9.87. The number of nitrogens with zero attached hydrogens (tertiary/aromatic N) is 1. The van der Waals surface area contributed by atoms with Gasteiger partial charge in [-0.25, -0.2) is 0 Å². The van der Waals surface area contributed by atoms with Gasteiger partial charge in [0.15, 0.2) is 11.5 Å². The summed E-state index contributed by atoms with van der Waals surface area (Å²) in [5, 5.41) is 0. The number of fused-ring (bicyclic) bond motifs is 1. The molecule has 1 unspecified atom stereocenters. The molecule has 1 amide bonds. The number of benzene rings is 3. The third-order valence-electron chi connectivity index (χ3n) is 6.47. The number of carbonyl (C=O) groups is 1. The maximum atomic E-state index is 13.8. The van der Waals surface area contributed by atoms with Crippen molar-refractivity contribution in [2.75, 3.05) is 20.8 Å². The summed E-state index contributed by atoms with van der Waals surface area (Å²) >= 11 is 0. The molecular formula is C29H26N2O4. The predicted octanol–water partition coefficient (Wildman–Crippen LogP) is 4.85. The second-order valence-electron chi connectivity index (χ2n) is 8.45. The Morgan fingerprint density at radius 2 is 1.54 bits per heavy atom. The van der Waals surface area contributed by atoms with Crippen LogP contribution in [0.4, 0.5) is 0 Å². The lowest BCUT2D eigenvalue weighted by molar-refractivity contribution is 0.0692. The third-order valence-corrected chi connectivity index (χ3v) is 6.47. The molecule has 0 aliphatic carbocycles. The Labute approximate surface area is 203 Å². The zero-order valence-electron chi connectivity index (χ0n) is 19.7. The molecule has 6 nitrogen and oxygen atoms in total. The van der Waals surface area contributed by atoms with Crippen LogP contribution in [0.15, 0.2) is 89.7 Å². The third kappa shape index (κ3) is 4.19. The first-order valence-electron chi connectivity index (χ1n) is 11.5. The molecule has 1 N–H and O–H groups in total. The summed E-state index contributed by atoms with van der Waals surface area (Å²) in [5.41, 5.74) is 4.30. The summed E-state index contributed by atoms with van der Waals surface area (Å²) in [6.07, 6.45) is 0.644. The highest BCUT2D eigenvalue weighted by Crippen LogP contribution is 2.41. The SMILES string of the molecule is COc1cc2c(cc1OC)C(c1ccccc1)N(C(=O)c1ccc(-c3ccccc3)[nH]c1=O)CC2. The van der Waals surface area contributed by atoms with Gasteiger partial charge in [0.2, 0.25) is 0 Å². The van der Waals surface area contributed by atoms with Crippen LogP contribution >= 0.6 is 0 Å². The molecule has 0 saturated heterocycles. The van der Waals surface area contributed by atoms with E-state index in [9.17, 15) is 9.59 Å². The molecule has 1 aromatic heterocycles. The zero-order chi connectivity index (χ0) is 24.4. The number of H-pyrrole nitrogens is 1. The van der Waals surface area contributed by atoms with Gasteiger partial charge in [0, 0.05) is 12.2 Å². The van der Waals surface area contributed by atoms with Crippen molar-refractivity contribution in [3.63, 3.8) is 0 Å². The van der Waals surface area contributed by atoms with E-state index in [0.717, 1.165) is 22.3 Å². The molecule has 3 aromatic carbocycles. The average Bonchev–Trinajstić information content (AvgIpc) is 2.92. The summed E-state index contributed by atoms with van der Waals surface area (Å²) in [4.78, 5) is 31.5. The van der Waals surface area contributed by atoms with E-state index in [2.05, 4.69) is 4.98 Å². The van der Waals surface area contributed by atoms with E-state index in [1.807, 2.05) is 72.8 Å². The molecule has 1 atom stereocenters. The molecule has 176 valence electrons. The highest BCUT2D eigenvalue weighted by Gasteiger charge is 2.34. The standard InChI is InChI=1S/C29H26N2O4/c1-34-25-17-21-15-16-31(27(20-11-7-4-8-12-20)23(21)18-26(25)35-2)29(33)22-13-14-24(30-28(22)32)19-9-5-3-6-10-19/h3-14,17-18,27H,15-16H2,1-2H3,(H,30,32). The number of hydrogen-bond acceptors (Lipinski definition) is 4. The predicted molar refractivity (Wildman–Crippen MR) is 135 cm³/mol. The van der Waals surface area contributed by atoms with Crippen molar-refractivity contribution >= 4 is 5.91 Å². The molecule has 35 heavy (non-hydrogen) atoms. The first kappa shape index (κ1) is 22.5. The van der Waals surface area contributed by atoms with E-state index in [1.165, 1.54) is 0 Å². The van der Waals surface area contributed by atoms with Gasteiger partial charge < -0.3 is 19.4 Å². The van der Waals surface area contributed by atoms with Crippen LogP contribution in [0.1, 0.15) is 33.1 Å². The van der Waals surface area contributed by atoms with E-state index in [-0.39, 0.29) is 17.5 Å². The summed E-state index contributed by atoms with van der Waals surface area (Å²) in [6.45, 7) is 0.473. The minimum Gasteiger partial charge on any atom is -0.493 e. The van der Waals surface area contributed by atoms with Gasteiger partial charge in [-0.15, -0.1) is 0 Å². The van der Waals surface area contributed by atoms with Crippen molar-refractivity contribution in [1.82, 2.24) is 9.88 Å². The number of aromatic amines is 1. The molecule has 6 heteroatoms. The number of nitrogens with one attached hydrogen (secondary N) is 1. The molecule has 1 aliphatic rings. The molecule has 1 aliphatic heterocycles. The van der Waals surface area contributed by atoms with Crippen LogP contribution in [-0.4, -0.2) is 36.6 Å². The van der Waals surface area contributed by atoms with E-state index >= 15 is 0 Å². The van der Waals surface area contributed by atoms with Crippen molar-refractivity contribution in [3.05, 3.63) is 118 Å². The van der Waals surface area contributed by atoms with Gasteiger partial charge in [-0.2, -0.15) is 0 Å². The Bertz CT molecular complexity index is 1410. The van der Waals surface area contributed by atoms with Crippen molar-refractivity contribution in [1.29, 1.82) is 0 Å². The van der Waals surface area contributed by atoms with Gasteiger partial charge in [-0.1, -0.05) is 60.7 Å². The quantitative estimate of drug-likeness (QED) is 0.457. The molecule has 0 fully saturated rings. The summed E-state index contributed by atoms with van der Waals surface area (Å²) in [5.74, 6) is 0.956.